The number of benzene rings is 1. The molecule has 0 amide bonds. The molecule has 3 rings (SSSR count). The van der Waals surface area contributed by atoms with Crippen LogP contribution in [0.1, 0.15) is 66.5 Å². The molecule has 1 saturated carbocycles. The molecule has 1 aromatic rings. The molecular weight excluding hydrogens is 424 g/mol. The second kappa shape index (κ2) is 7.91. The van der Waals surface area contributed by atoms with Crippen LogP contribution in [-0.2, 0) is 10.7 Å². The van der Waals surface area contributed by atoms with Gasteiger partial charge in [-0.1, -0.05) is 62.2 Å². The number of rotatable bonds is 5. The summed E-state index contributed by atoms with van der Waals surface area (Å²) in [6, 6.07) is 7.22. The van der Waals surface area contributed by atoms with E-state index in [1.54, 1.807) is 5.56 Å². The Morgan fingerprint density at radius 3 is 2.46 bits per heavy atom. The van der Waals surface area contributed by atoms with E-state index in [1.165, 1.54) is 56.1 Å². The zero-order valence-electron chi connectivity index (χ0n) is 14.4. The molecule has 0 heterocycles. The van der Waals surface area contributed by atoms with Crippen molar-refractivity contribution in [2.24, 2.45) is 11.8 Å². The Morgan fingerprint density at radius 2 is 1.79 bits per heavy atom. The second-order valence-corrected chi connectivity index (χ2v) is 10.1. The van der Waals surface area contributed by atoms with Gasteiger partial charge >= 0.3 is 0 Å². The fraction of sp³-hybridized carbons (Fsp3) is 0.545. The fourth-order valence-corrected chi connectivity index (χ4v) is 6.09. The van der Waals surface area contributed by atoms with Gasteiger partial charge in [-0.05, 0) is 79.9 Å². The average Bonchev–Trinajstić information content (AvgIpc) is 2.60. The number of hydrogen-bond donors (Lipinski definition) is 0. The summed E-state index contributed by atoms with van der Waals surface area (Å²) in [4.78, 5) is 0.475. The maximum absolute atomic E-state index is 4.11. The molecular formula is C22H28Br2. The lowest BCUT2D eigenvalue weighted by Crippen LogP contribution is -2.26. The van der Waals surface area contributed by atoms with Crippen molar-refractivity contribution in [1.29, 1.82) is 0 Å². The van der Waals surface area contributed by atoms with Crippen molar-refractivity contribution in [1.82, 2.24) is 0 Å². The lowest BCUT2D eigenvalue weighted by molar-refractivity contribution is 0.311. The lowest BCUT2D eigenvalue weighted by Gasteiger charge is -2.37. The van der Waals surface area contributed by atoms with Gasteiger partial charge in [0.15, 0.2) is 0 Å². The van der Waals surface area contributed by atoms with Crippen molar-refractivity contribution < 1.29 is 0 Å². The fourth-order valence-electron chi connectivity index (χ4n) is 4.46. The van der Waals surface area contributed by atoms with Crippen molar-refractivity contribution >= 4 is 31.9 Å². The van der Waals surface area contributed by atoms with E-state index in [0.29, 0.717) is 10.7 Å². The van der Waals surface area contributed by atoms with E-state index in [-0.39, 0.29) is 4.32 Å². The van der Waals surface area contributed by atoms with Crippen LogP contribution in [0.3, 0.4) is 0 Å². The highest BCUT2D eigenvalue weighted by molar-refractivity contribution is 9.09. The number of allylic oxidation sites excluding steroid dienone is 2. The SMILES string of the molecule is C=CCC1CCC(Br)(c2ccc3c(c2)CCC(CC=C)C3Br)CC1. The van der Waals surface area contributed by atoms with Gasteiger partial charge in [0.2, 0.25) is 0 Å². The molecule has 130 valence electrons. The number of fused-ring (bicyclic) bond motifs is 1. The predicted molar refractivity (Wildman–Crippen MR) is 112 cm³/mol. The lowest BCUT2D eigenvalue weighted by atomic mass is 9.75. The summed E-state index contributed by atoms with van der Waals surface area (Å²) in [5, 5.41) is 0. The van der Waals surface area contributed by atoms with Gasteiger partial charge in [-0.15, -0.1) is 13.2 Å². The Labute approximate surface area is 164 Å². The van der Waals surface area contributed by atoms with Gasteiger partial charge in [0.25, 0.3) is 0 Å². The maximum atomic E-state index is 4.11. The molecule has 1 aromatic carbocycles. The van der Waals surface area contributed by atoms with E-state index in [2.05, 4.69) is 75.4 Å². The molecule has 2 aliphatic carbocycles. The van der Waals surface area contributed by atoms with Crippen LogP contribution in [0.25, 0.3) is 0 Å². The molecule has 0 radical (unpaired) electrons. The van der Waals surface area contributed by atoms with Crippen molar-refractivity contribution in [3.63, 3.8) is 0 Å². The van der Waals surface area contributed by atoms with Gasteiger partial charge in [-0.25, -0.2) is 0 Å². The van der Waals surface area contributed by atoms with E-state index in [1.807, 2.05) is 0 Å². The molecule has 2 heteroatoms. The first-order valence-corrected chi connectivity index (χ1v) is 11.0. The smallest absolute Gasteiger partial charge is 0.0506 e. The first-order valence-electron chi connectivity index (χ1n) is 9.25. The zero-order valence-corrected chi connectivity index (χ0v) is 17.6. The average molecular weight is 452 g/mol. The minimum atomic E-state index is 0.180. The summed E-state index contributed by atoms with van der Waals surface area (Å²) in [6.45, 7) is 7.82. The third-order valence-electron chi connectivity index (χ3n) is 6.02. The van der Waals surface area contributed by atoms with Gasteiger partial charge in [-0.2, -0.15) is 0 Å². The third-order valence-corrected chi connectivity index (χ3v) is 8.51. The Kier molecular flexibility index (Phi) is 6.08. The van der Waals surface area contributed by atoms with Crippen LogP contribution in [0.5, 0.6) is 0 Å². The van der Waals surface area contributed by atoms with E-state index in [9.17, 15) is 0 Å². The highest BCUT2D eigenvalue weighted by Gasteiger charge is 2.35. The first kappa shape index (κ1) is 18.5. The van der Waals surface area contributed by atoms with Crippen LogP contribution < -0.4 is 0 Å². The van der Waals surface area contributed by atoms with Crippen LogP contribution in [0.2, 0.25) is 0 Å². The zero-order chi connectivity index (χ0) is 17.2. The second-order valence-electron chi connectivity index (χ2n) is 7.57. The highest BCUT2D eigenvalue weighted by atomic mass is 79.9. The van der Waals surface area contributed by atoms with Crippen LogP contribution in [0.4, 0.5) is 0 Å². The topological polar surface area (TPSA) is 0 Å². The molecule has 0 bridgehead atoms. The predicted octanol–water partition coefficient (Wildman–Crippen LogP) is 7.62. The van der Waals surface area contributed by atoms with Crippen molar-refractivity contribution in [2.75, 3.05) is 0 Å². The standard InChI is InChI=1S/C22H28Br2/c1-3-5-16-11-13-22(24,14-12-16)19-9-10-20-18(15-19)8-7-17(6-4-2)21(20)23/h3-4,9-10,15-17,21H,1-2,5-8,11-14H2. The molecule has 0 nitrogen and oxygen atoms in total. The summed E-state index contributed by atoms with van der Waals surface area (Å²) in [7, 11) is 0. The Morgan fingerprint density at radius 1 is 1.08 bits per heavy atom. The minimum absolute atomic E-state index is 0.180. The van der Waals surface area contributed by atoms with Crippen LogP contribution in [-0.4, -0.2) is 0 Å². The Hall–Kier alpha value is -0.340. The van der Waals surface area contributed by atoms with Gasteiger partial charge < -0.3 is 0 Å². The molecule has 0 aliphatic heterocycles. The minimum Gasteiger partial charge on any atom is -0.103 e. The molecule has 2 atom stereocenters. The van der Waals surface area contributed by atoms with Crippen LogP contribution in [0, 0.1) is 11.8 Å². The van der Waals surface area contributed by atoms with E-state index in [0.717, 1.165) is 12.3 Å². The molecule has 2 unspecified atom stereocenters. The van der Waals surface area contributed by atoms with Crippen molar-refractivity contribution in [2.45, 2.75) is 60.5 Å². The van der Waals surface area contributed by atoms with Crippen LogP contribution in [0.15, 0.2) is 43.5 Å². The molecule has 0 spiro atoms. The van der Waals surface area contributed by atoms with Gasteiger partial charge in [0.1, 0.15) is 0 Å². The molecule has 0 N–H and O–H groups in total. The summed E-state index contributed by atoms with van der Waals surface area (Å²) in [6.07, 6.45) is 14.0. The Balaban J connectivity index is 1.77. The van der Waals surface area contributed by atoms with E-state index in [4.69, 9.17) is 0 Å². The normalized spacial score (nSPS) is 32.8. The molecule has 24 heavy (non-hydrogen) atoms. The van der Waals surface area contributed by atoms with Crippen molar-refractivity contribution in [3.8, 4) is 0 Å². The molecule has 2 aliphatic rings. The summed E-state index contributed by atoms with van der Waals surface area (Å²) < 4.78 is 0.180. The Bertz CT molecular complexity index is 596. The van der Waals surface area contributed by atoms with Gasteiger partial charge in [0.05, 0.1) is 4.32 Å². The van der Waals surface area contributed by atoms with E-state index >= 15 is 0 Å². The maximum Gasteiger partial charge on any atom is 0.0506 e. The monoisotopic (exact) mass is 450 g/mol. The summed E-state index contributed by atoms with van der Waals surface area (Å²) in [5.74, 6) is 1.52. The van der Waals surface area contributed by atoms with E-state index < -0.39 is 0 Å². The number of alkyl halides is 2. The largest absolute Gasteiger partial charge is 0.103 e. The van der Waals surface area contributed by atoms with Crippen LogP contribution >= 0.6 is 31.9 Å². The quantitative estimate of drug-likeness (QED) is 0.319. The molecule has 0 aromatic heterocycles. The summed E-state index contributed by atoms with van der Waals surface area (Å²) in [5.41, 5.74) is 4.52. The molecule has 0 saturated heterocycles. The number of halogens is 2. The third kappa shape index (κ3) is 3.75. The number of hydrogen-bond acceptors (Lipinski definition) is 0. The highest BCUT2D eigenvalue weighted by Crippen LogP contribution is 2.49. The summed E-state index contributed by atoms with van der Waals surface area (Å²) >= 11 is 8.06. The first-order chi connectivity index (χ1) is 11.6. The number of aryl methyl sites for hydroxylation is 1. The van der Waals surface area contributed by atoms with Gasteiger partial charge in [0, 0.05) is 4.83 Å². The molecule has 1 fully saturated rings. The van der Waals surface area contributed by atoms with Crippen molar-refractivity contribution in [3.05, 3.63) is 60.2 Å². The van der Waals surface area contributed by atoms with Gasteiger partial charge in [-0.3, -0.25) is 0 Å².